The van der Waals surface area contributed by atoms with Crippen molar-refractivity contribution in [3.63, 3.8) is 0 Å². The molecule has 0 bridgehead atoms. The van der Waals surface area contributed by atoms with Gasteiger partial charge in [-0.25, -0.2) is 0 Å². The zero-order chi connectivity index (χ0) is 10.8. The second kappa shape index (κ2) is 4.38. The Morgan fingerprint density at radius 3 is 2.07 bits per heavy atom. The maximum atomic E-state index is 5.68. The number of para-hydroxylation sites is 2. The van der Waals surface area contributed by atoms with Crippen LogP contribution in [0.25, 0.3) is 0 Å². The van der Waals surface area contributed by atoms with Gasteiger partial charge in [-0.05, 0) is 25.0 Å². The third-order valence-electron chi connectivity index (χ3n) is 2.39. The molecule has 0 amide bonds. The molecule has 1 aromatic rings. The SMILES string of the molecule is CC(C)C(C)OP1Oc2ccccc2O1. The maximum Gasteiger partial charge on any atom is 0.463 e. The van der Waals surface area contributed by atoms with Crippen LogP contribution < -0.4 is 9.05 Å². The standard InChI is InChI=1S/C11H15O3P/c1-8(2)9(3)12-15-13-10-6-4-5-7-11(10)14-15/h4-9H,1-3H3. The number of benzene rings is 1. The van der Waals surface area contributed by atoms with Crippen LogP contribution in [0.15, 0.2) is 24.3 Å². The van der Waals surface area contributed by atoms with E-state index in [0.717, 1.165) is 11.5 Å². The fourth-order valence-corrected chi connectivity index (χ4v) is 2.34. The first-order valence-corrected chi connectivity index (χ1v) is 6.18. The molecule has 4 heteroatoms. The van der Waals surface area contributed by atoms with Crippen LogP contribution in [0, 0.1) is 5.92 Å². The third kappa shape index (κ3) is 2.42. The van der Waals surface area contributed by atoms with Gasteiger partial charge < -0.3 is 9.05 Å². The highest BCUT2D eigenvalue weighted by Crippen LogP contribution is 2.53. The Labute approximate surface area is 91.4 Å². The summed E-state index contributed by atoms with van der Waals surface area (Å²) in [7, 11) is -1.24. The molecule has 0 saturated heterocycles. The Kier molecular flexibility index (Phi) is 3.13. The zero-order valence-electron chi connectivity index (χ0n) is 9.14. The third-order valence-corrected chi connectivity index (χ3v) is 3.58. The van der Waals surface area contributed by atoms with E-state index in [2.05, 4.69) is 13.8 Å². The van der Waals surface area contributed by atoms with Gasteiger partial charge in [0.1, 0.15) is 0 Å². The molecule has 1 aromatic carbocycles. The van der Waals surface area contributed by atoms with Crippen molar-refractivity contribution in [3.8, 4) is 11.5 Å². The highest BCUT2D eigenvalue weighted by atomic mass is 31.2. The van der Waals surface area contributed by atoms with E-state index in [-0.39, 0.29) is 6.10 Å². The highest BCUT2D eigenvalue weighted by molar-refractivity contribution is 7.43. The summed E-state index contributed by atoms with van der Waals surface area (Å²) in [5, 5.41) is 0. The molecule has 3 nitrogen and oxygen atoms in total. The minimum Gasteiger partial charge on any atom is -0.414 e. The summed E-state index contributed by atoms with van der Waals surface area (Å²) in [5.41, 5.74) is 0. The van der Waals surface area contributed by atoms with Gasteiger partial charge in [-0.15, -0.1) is 0 Å². The number of rotatable bonds is 3. The largest absolute Gasteiger partial charge is 0.463 e. The fourth-order valence-electron chi connectivity index (χ4n) is 1.08. The Balaban J connectivity index is 1.96. The van der Waals surface area contributed by atoms with Gasteiger partial charge in [0, 0.05) is 0 Å². The predicted octanol–water partition coefficient (Wildman–Crippen LogP) is 3.75. The molecule has 0 fully saturated rings. The molecule has 1 unspecified atom stereocenters. The Morgan fingerprint density at radius 2 is 1.60 bits per heavy atom. The lowest BCUT2D eigenvalue weighted by Gasteiger charge is -2.17. The Morgan fingerprint density at radius 1 is 1.07 bits per heavy atom. The molecule has 0 aliphatic carbocycles. The van der Waals surface area contributed by atoms with Crippen LogP contribution in [-0.4, -0.2) is 6.10 Å². The summed E-state index contributed by atoms with van der Waals surface area (Å²) < 4.78 is 16.8. The summed E-state index contributed by atoms with van der Waals surface area (Å²) in [6.07, 6.45) is 0.144. The van der Waals surface area contributed by atoms with Gasteiger partial charge in [0.2, 0.25) is 0 Å². The maximum absolute atomic E-state index is 5.68. The van der Waals surface area contributed by atoms with E-state index in [1.807, 2.05) is 31.2 Å². The van der Waals surface area contributed by atoms with Crippen molar-refractivity contribution < 1.29 is 13.6 Å². The minimum absolute atomic E-state index is 0.144. The molecule has 1 heterocycles. The lowest BCUT2D eigenvalue weighted by Crippen LogP contribution is -2.14. The molecule has 0 saturated carbocycles. The van der Waals surface area contributed by atoms with Crippen molar-refractivity contribution in [2.24, 2.45) is 5.92 Å². The molecular formula is C11H15O3P. The van der Waals surface area contributed by atoms with Crippen molar-refractivity contribution in [2.45, 2.75) is 26.9 Å². The first-order chi connectivity index (χ1) is 7.16. The van der Waals surface area contributed by atoms with Gasteiger partial charge >= 0.3 is 8.60 Å². The molecule has 15 heavy (non-hydrogen) atoms. The lowest BCUT2D eigenvalue weighted by molar-refractivity contribution is 0.158. The zero-order valence-corrected chi connectivity index (χ0v) is 10.0. The average molecular weight is 226 g/mol. The van der Waals surface area contributed by atoms with Gasteiger partial charge in [0.25, 0.3) is 0 Å². The van der Waals surface area contributed by atoms with Gasteiger partial charge in [-0.1, -0.05) is 26.0 Å². The topological polar surface area (TPSA) is 27.7 Å². The van der Waals surface area contributed by atoms with Crippen molar-refractivity contribution in [2.75, 3.05) is 0 Å². The Bertz CT molecular complexity index is 315. The van der Waals surface area contributed by atoms with Crippen LogP contribution in [0.1, 0.15) is 20.8 Å². The van der Waals surface area contributed by atoms with Crippen molar-refractivity contribution >= 4 is 8.60 Å². The van der Waals surface area contributed by atoms with Crippen LogP contribution in [0.5, 0.6) is 11.5 Å². The van der Waals surface area contributed by atoms with Crippen LogP contribution in [0.3, 0.4) is 0 Å². The molecule has 1 aliphatic rings. The summed E-state index contributed by atoms with van der Waals surface area (Å²) in [5.74, 6) is 2.02. The van der Waals surface area contributed by atoms with Gasteiger partial charge in [0.05, 0.1) is 6.10 Å². The van der Waals surface area contributed by atoms with Crippen molar-refractivity contribution in [3.05, 3.63) is 24.3 Å². The normalized spacial score (nSPS) is 17.1. The molecule has 0 spiro atoms. The van der Waals surface area contributed by atoms with E-state index in [9.17, 15) is 0 Å². The highest BCUT2D eigenvalue weighted by Gasteiger charge is 2.29. The molecule has 1 aliphatic heterocycles. The van der Waals surface area contributed by atoms with Crippen molar-refractivity contribution in [1.29, 1.82) is 0 Å². The second-order valence-electron chi connectivity index (χ2n) is 3.91. The number of hydrogen-bond acceptors (Lipinski definition) is 3. The summed E-state index contributed by atoms with van der Waals surface area (Å²) in [4.78, 5) is 0. The van der Waals surface area contributed by atoms with E-state index in [1.54, 1.807) is 0 Å². The van der Waals surface area contributed by atoms with E-state index in [4.69, 9.17) is 13.6 Å². The molecule has 0 radical (unpaired) electrons. The van der Waals surface area contributed by atoms with Crippen LogP contribution in [0.2, 0.25) is 0 Å². The molecule has 2 rings (SSSR count). The van der Waals surface area contributed by atoms with Gasteiger partial charge in [-0.2, -0.15) is 0 Å². The predicted molar refractivity (Wildman–Crippen MR) is 60.0 cm³/mol. The lowest BCUT2D eigenvalue weighted by atomic mass is 10.1. The molecule has 1 atom stereocenters. The van der Waals surface area contributed by atoms with E-state index in [0.29, 0.717) is 5.92 Å². The van der Waals surface area contributed by atoms with Crippen LogP contribution >= 0.6 is 8.60 Å². The van der Waals surface area contributed by atoms with E-state index >= 15 is 0 Å². The van der Waals surface area contributed by atoms with Crippen LogP contribution in [-0.2, 0) is 4.52 Å². The Hall–Kier alpha value is -0.790. The molecular weight excluding hydrogens is 211 g/mol. The van der Waals surface area contributed by atoms with E-state index in [1.165, 1.54) is 0 Å². The average Bonchev–Trinajstić information content (AvgIpc) is 2.59. The van der Waals surface area contributed by atoms with Gasteiger partial charge in [0.15, 0.2) is 11.5 Å². The summed E-state index contributed by atoms with van der Waals surface area (Å²) in [6, 6.07) is 7.63. The number of hydrogen-bond donors (Lipinski definition) is 0. The minimum atomic E-state index is -1.24. The first kappa shape index (κ1) is 10.7. The monoisotopic (exact) mass is 226 g/mol. The summed E-state index contributed by atoms with van der Waals surface area (Å²) in [6.45, 7) is 6.26. The smallest absolute Gasteiger partial charge is 0.414 e. The van der Waals surface area contributed by atoms with E-state index < -0.39 is 8.60 Å². The molecule has 82 valence electrons. The second-order valence-corrected chi connectivity index (χ2v) is 4.93. The van der Waals surface area contributed by atoms with Crippen LogP contribution in [0.4, 0.5) is 0 Å². The molecule has 0 N–H and O–H groups in total. The summed E-state index contributed by atoms with van der Waals surface area (Å²) >= 11 is 0. The van der Waals surface area contributed by atoms with Gasteiger partial charge in [-0.3, -0.25) is 4.52 Å². The fraction of sp³-hybridized carbons (Fsp3) is 0.455. The quantitative estimate of drug-likeness (QED) is 0.734. The first-order valence-electron chi connectivity index (χ1n) is 5.08. The van der Waals surface area contributed by atoms with Crippen molar-refractivity contribution in [1.82, 2.24) is 0 Å². The number of fused-ring (bicyclic) bond motifs is 1. The molecule has 0 aromatic heterocycles.